The van der Waals surface area contributed by atoms with Crippen LogP contribution in [0.15, 0.2) is 58.5 Å². The van der Waals surface area contributed by atoms with Gasteiger partial charge in [-0.05, 0) is 43.3 Å². The molecule has 0 saturated carbocycles. The molecule has 0 radical (unpaired) electrons. The van der Waals surface area contributed by atoms with Gasteiger partial charge in [-0.2, -0.15) is 0 Å². The van der Waals surface area contributed by atoms with Crippen molar-refractivity contribution < 1.29 is 4.79 Å². The SMILES string of the molecule is CCn1c(SCC(=O)c2ccc(Cl)cc2)nc2ccccc2c1=O. The molecule has 24 heavy (non-hydrogen) atoms. The van der Waals surface area contributed by atoms with Crippen LogP contribution in [-0.2, 0) is 6.54 Å². The van der Waals surface area contributed by atoms with E-state index in [0.717, 1.165) is 0 Å². The van der Waals surface area contributed by atoms with E-state index in [2.05, 4.69) is 4.98 Å². The summed E-state index contributed by atoms with van der Waals surface area (Å²) in [5, 5.41) is 1.74. The molecule has 0 aliphatic heterocycles. The maximum Gasteiger partial charge on any atom is 0.262 e. The van der Waals surface area contributed by atoms with Crippen molar-refractivity contribution in [1.82, 2.24) is 9.55 Å². The van der Waals surface area contributed by atoms with E-state index in [4.69, 9.17) is 11.6 Å². The summed E-state index contributed by atoms with van der Waals surface area (Å²) in [6.45, 7) is 2.40. The van der Waals surface area contributed by atoms with Crippen LogP contribution in [0.3, 0.4) is 0 Å². The second-order valence-electron chi connectivity index (χ2n) is 5.18. The van der Waals surface area contributed by atoms with Crippen molar-refractivity contribution in [1.29, 1.82) is 0 Å². The molecule has 0 aliphatic rings. The Kier molecular flexibility index (Phi) is 5.02. The predicted octanol–water partition coefficient (Wildman–Crippen LogP) is 4.04. The molecular weight excluding hydrogens is 344 g/mol. The Labute approximate surface area is 148 Å². The average Bonchev–Trinajstić information content (AvgIpc) is 2.60. The molecule has 122 valence electrons. The fourth-order valence-electron chi connectivity index (χ4n) is 2.39. The minimum absolute atomic E-state index is 0.0262. The summed E-state index contributed by atoms with van der Waals surface area (Å²) in [4.78, 5) is 29.4. The van der Waals surface area contributed by atoms with Gasteiger partial charge in [-0.1, -0.05) is 35.5 Å². The standard InChI is InChI=1S/C18H15ClN2O2S/c1-2-21-17(23)14-5-3-4-6-15(14)20-18(21)24-11-16(22)12-7-9-13(19)10-8-12/h3-10H,2,11H2,1H3. The quantitative estimate of drug-likeness (QED) is 0.392. The highest BCUT2D eigenvalue weighted by Crippen LogP contribution is 2.19. The van der Waals surface area contributed by atoms with Gasteiger partial charge < -0.3 is 0 Å². The number of aromatic nitrogens is 2. The molecule has 0 aliphatic carbocycles. The number of carbonyl (C=O) groups is 1. The molecule has 0 saturated heterocycles. The molecule has 6 heteroatoms. The number of rotatable bonds is 5. The molecule has 3 rings (SSSR count). The first kappa shape index (κ1) is 16.7. The lowest BCUT2D eigenvalue weighted by molar-refractivity contribution is 0.102. The van der Waals surface area contributed by atoms with E-state index in [1.807, 2.05) is 25.1 Å². The number of hydrogen-bond donors (Lipinski definition) is 0. The number of Topliss-reactive ketones (excluding diaryl/α,β-unsaturated/α-hetero) is 1. The van der Waals surface area contributed by atoms with E-state index in [1.165, 1.54) is 11.8 Å². The molecule has 0 N–H and O–H groups in total. The molecule has 0 spiro atoms. The van der Waals surface area contributed by atoms with Crippen molar-refractivity contribution in [2.45, 2.75) is 18.6 Å². The van der Waals surface area contributed by atoms with Crippen LogP contribution < -0.4 is 5.56 Å². The predicted molar refractivity (Wildman–Crippen MR) is 98.2 cm³/mol. The zero-order valence-electron chi connectivity index (χ0n) is 13.0. The molecule has 2 aromatic carbocycles. The van der Waals surface area contributed by atoms with Crippen LogP contribution in [0, 0.1) is 0 Å². The second kappa shape index (κ2) is 7.20. The first-order chi connectivity index (χ1) is 11.6. The summed E-state index contributed by atoms with van der Waals surface area (Å²) in [5.74, 6) is 0.189. The van der Waals surface area contributed by atoms with Crippen molar-refractivity contribution >= 4 is 40.0 Å². The molecule has 1 heterocycles. The van der Waals surface area contributed by atoms with Gasteiger partial charge in [0.2, 0.25) is 0 Å². The fraction of sp³-hybridized carbons (Fsp3) is 0.167. The van der Waals surface area contributed by atoms with Crippen LogP contribution in [0.4, 0.5) is 0 Å². The topological polar surface area (TPSA) is 52.0 Å². The van der Waals surface area contributed by atoms with E-state index in [0.29, 0.717) is 33.2 Å². The number of para-hydroxylation sites is 1. The normalized spacial score (nSPS) is 10.9. The summed E-state index contributed by atoms with van der Waals surface area (Å²) in [5.41, 5.74) is 1.16. The highest BCUT2D eigenvalue weighted by molar-refractivity contribution is 7.99. The number of halogens is 1. The van der Waals surface area contributed by atoms with Gasteiger partial charge in [-0.15, -0.1) is 0 Å². The van der Waals surface area contributed by atoms with Gasteiger partial charge in [0, 0.05) is 17.1 Å². The number of benzene rings is 2. The molecule has 0 unspecified atom stereocenters. The van der Waals surface area contributed by atoms with Gasteiger partial charge in [0.1, 0.15) is 0 Å². The third-order valence-electron chi connectivity index (χ3n) is 3.64. The summed E-state index contributed by atoms with van der Waals surface area (Å²) in [7, 11) is 0. The van der Waals surface area contributed by atoms with Crippen molar-refractivity contribution in [3.8, 4) is 0 Å². The van der Waals surface area contributed by atoms with Crippen LogP contribution in [0.25, 0.3) is 10.9 Å². The maximum atomic E-state index is 12.5. The third kappa shape index (κ3) is 3.37. The lowest BCUT2D eigenvalue weighted by Crippen LogP contribution is -2.22. The van der Waals surface area contributed by atoms with E-state index in [1.54, 1.807) is 34.9 Å². The molecule has 4 nitrogen and oxygen atoms in total. The van der Waals surface area contributed by atoms with E-state index in [-0.39, 0.29) is 17.1 Å². The van der Waals surface area contributed by atoms with Crippen LogP contribution in [0.1, 0.15) is 17.3 Å². The largest absolute Gasteiger partial charge is 0.293 e. The molecule has 0 fully saturated rings. The van der Waals surface area contributed by atoms with Crippen LogP contribution in [-0.4, -0.2) is 21.1 Å². The van der Waals surface area contributed by atoms with Gasteiger partial charge >= 0.3 is 0 Å². The lowest BCUT2D eigenvalue weighted by Gasteiger charge is -2.10. The monoisotopic (exact) mass is 358 g/mol. The first-order valence-electron chi connectivity index (χ1n) is 7.51. The van der Waals surface area contributed by atoms with E-state index >= 15 is 0 Å². The van der Waals surface area contributed by atoms with Gasteiger partial charge in [0.15, 0.2) is 10.9 Å². The maximum absolute atomic E-state index is 12.5. The summed E-state index contributed by atoms with van der Waals surface area (Å²) < 4.78 is 1.60. The molecular formula is C18H15ClN2O2S. The smallest absolute Gasteiger partial charge is 0.262 e. The Morgan fingerprint density at radius 1 is 1.17 bits per heavy atom. The van der Waals surface area contributed by atoms with Gasteiger partial charge in [0.05, 0.1) is 16.7 Å². The van der Waals surface area contributed by atoms with Crippen molar-refractivity contribution in [3.63, 3.8) is 0 Å². The number of carbonyl (C=O) groups excluding carboxylic acids is 1. The number of fused-ring (bicyclic) bond motifs is 1. The van der Waals surface area contributed by atoms with Crippen LogP contribution in [0.2, 0.25) is 5.02 Å². The highest BCUT2D eigenvalue weighted by Gasteiger charge is 2.13. The fourth-order valence-corrected chi connectivity index (χ4v) is 3.47. The Bertz CT molecular complexity index is 951. The zero-order chi connectivity index (χ0) is 17.1. The Hall–Kier alpha value is -2.11. The minimum atomic E-state index is -0.0791. The highest BCUT2D eigenvalue weighted by atomic mass is 35.5. The molecule has 0 amide bonds. The molecule has 3 aromatic rings. The number of hydrogen-bond acceptors (Lipinski definition) is 4. The van der Waals surface area contributed by atoms with E-state index in [9.17, 15) is 9.59 Å². The van der Waals surface area contributed by atoms with Crippen LogP contribution in [0.5, 0.6) is 0 Å². The average molecular weight is 359 g/mol. The lowest BCUT2D eigenvalue weighted by atomic mass is 10.1. The van der Waals surface area contributed by atoms with Gasteiger partial charge in [0.25, 0.3) is 5.56 Å². The third-order valence-corrected chi connectivity index (χ3v) is 4.87. The Morgan fingerprint density at radius 3 is 2.58 bits per heavy atom. The van der Waals surface area contributed by atoms with E-state index < -0.39 is 0 Å². The summed E-state index contributed by atoms with van der Waals surface area (Å²) in [6, 6.07) is 14.0. The Morgan fingerprint density at radius 2 is 1.88 bits per heavy atom. The van der Waals surface area contributed by atoms with Gasteiger partial charge in [-0.25, -0.2) is 4.98 Å². The van der Waals surface area contributed by atoms with Crippen LogP contribution >= 0.6 is 23.4 Å². The Balaban J connectivity index is 1.88. The molecule has 1 aromatic heterocycles. The molecule has 0 bridgehead atoms. The van der Waals surface area contributed by atoms with Gasteiger partial charge in [-0.3, -0.25) is 14.2 Å². The number of nitrogens with zero attached hydrogens (tertiary/aromatic N) is 2. The first-order valence-corrected chi connectivity index (χ1v) is 8.87. The van der Waals surface area contributed by atoms with Crippen molar-refractivity contribution in [2.24, 2.45) is 0 Å². The summed E-state index contributed by atoms with van der Waals surface area (Å²) >= 11 is 7.11. The summed E-state index contributed by atoms with van der Waals surface area (Å²) in [6.07, 6.45) is 0. The zero-order valence-corrected chi connectivity index (χ0v) is 14.6. The second-order valence-corrected chi connectivity index (χ2v) is 6.56. The minimum Gasteiger partial charge on any atom is -0.293 e. The molecule has 0 atom stereocenters. The van der Waals surface area contributed by atoms with Crippen molar-refractivity contribution in [2.75, 3.05) is 5.75 Å². The number of thioether (sulfide) groups is 1. The number of ketones is 1. The van der Waals surface area contributed by atoms with Crippen molar-refractivity contribution in [3.05, 3.63) is 69.5 Å².